The van der Waals surface area contributed by atoms with Gasteiger partial charge in [-0.2, -0.15) is 15.8 Å². The minimum atomic E-state index is -2.00. The number of nitriles is 3. The first-order chi connectivity index (χ1) is 18.1. The molecule has 188 valence electrons. The van der Waals surface area contributed by atoms with Crippen molar-refractivity contribution in [3.05, 3.63) is 71.8 Å². The summed E-state index contributed by atoms with van der Waals surface area (Å²) >= 11 is 0. The SMILES string of the molecule is CC[C@@]12C(c3ccccc3)=C(c3ccccc3)[C@@]3(CC)C1(C#C[Si](C)(C)C)OC(=N)[C@@]3(C#N)C2(C#N)C#N. The summed E-state index contributed by atoms with van der Waals surface area (Å²) in [5.74, 6) is 3.22. The molecule has 0 amide bonds. The lowest BCUT2D eigenvalue weighted by atomic mass is 9.45. The summed E-state index contributed by atoms with van der Waals surface area (Å²) in [5.41, 5.74) is -0.664. The summed E-state index contributed by atoms with van der Waals surface area (Å²) in [5, 5.41) is 42.2. The molecular weight excluding hydrogens is 484 g/mol. The summed E-state index contributed by atoms with van der Waals surface area (Å²) in [4.78, 5) is 0. The summed E-state index contributed by atoms with van der Waals surface area (Å²) in [6.45, 7) is 10.3. The molecule has 1 N–H and O–H groups in total. The van der Waals surface area contributed by atoms with Gasteiger partial charge in [0, 0.05) is 0 Å². The average molecular weight is 515 g/mol. The lowest BCUT2D eigenvalue weighted by Gasteiger charge is -2.51. The number of hydrogen-bond acceptors (Lipinski definition) is 5. The zero-order valence-corrected chi connectivity index (χ0v) is 23.4. The highest BCUT2D eigenvalue weighted by molar-refractivity contribution is 6.83. The highest BCUT2D eigenvalue weighted by Crippen LogP contribution is 2.91. The summed E-state index contributed by atoms with van der Waals surface area (Å²) in [6, 6.07) is 26.8. The van der Waals surface area contributed by atoms with Gasteiger partial charge in [0.25, 0.3) is 0 Å². The van der Waals surface area contributed by atoms with E-state index in [-0.39, 0.29) is 5.90 Å². The van der Waals surface area contributed by atoms with Gasteiger partial charge in [-0.1, -0.05) is 100 Å². The minimum absolute atomic E-state index is 0.320. The Kier molecular flexibility index (Phi) is 5.34. The van der Waals surface area contributed by atoms with E-state index >= 15 is 0 Å². The van der Waals surface area contributed by atoms with E-state index in [2.05, 4.69) is 49.3 Å². The smallest absolute Gasteiger partial charge is 0.207 e. The molecule has 4 atom stereocenters. The highest BCUT2D eigenvalue weighted by atomic mass is 28.3. The highest BCUT2D eigenvalue weighted by Gasteiger charge is 3.00. The topological polar surface area (TPSA) is 104 Å². The van der Waals surface area contributed by atoms with Crippen LogP contribution in [0.4, 0.5) is 0 Å². The second kappa shape index (κ2) is 7.95. The Balaban J connectivity index is 2.15. The van der Waals surface area contributed by atoms with E-state index in [1.165, 1.54) is 0 Å². The molecule has 5 rings (SSSR count). The number of nitrogens with zero attached hydrogens (tertiary/aromatic N) is 3. The van der Waals surface area contributed by atoms with Crippen molar-refractivity contribution >= 4 is 25.1 Å². The van der Waals surface area contributed by atoms with Gasteiger partial charge in [-0.25, -0.2) is 0 Å². The van der Waals surface area contributed by atoms with Crippen molar-refractivity contribution in [1.29, 1.82) is 21.2 Å². The molecule has 2 aromatic carbocycles. The second-order valence-corrected chi connectivity index (χ2v) is 16.2. The van der Waals surface area contributed by atoms with E-state index in [1.807, 2.05) is 74.5 Å². The quantitative estimate of drug-likeness (QED) is 0.367. The maximum atomic E-state index is 11.1. The molecule has 1 unspecified atom stereocenters. The lowest BCUT2D eigenvalue weighted by Crippen LogP contribution is -2.60. The van der Waals surface area contributed by atoms with Gasteiger partial charge in [0.2, 0.25) is 5.90 Å². The maximum Gasteiger partial charge on any atom is 0.207 e. The van der Waals surface area contributed by atoms with Crippen LogP contribution in [0.1, 0.15) is 37.8 Å². The molecule has 1 saturated heterocycles. The number of benzene rings is 2. The van der Waals surface area contributed by atoms with Gasteiger partial charge in [0.1, 0.15) is 8.07 Å². The number of ether oxygens (including phenoxy) is 1. The van der Waals surface area contributed by atoms with Crippen LogP contribution in [0.25, 0.3) is 11.1 Å². The molecule has 3 aliphatic rings. The van der Waals surface area contributed by atoms with Crippen molar-refractivity contribution in [2.45, 2.75) is 51.9 Å². The Labute approximate surface area is 225 Å². The molecule has 4 bridgehead atoms. The molecule has 38 heavy (non-hydrogen) atoms. The average Bonchev–Trinajstić information content (AvgIpc) is 3.36. The first-order valence-electron chi connectivity index (χ1n) is 13.0. The van der Waals surface area contributed by atoms with E-state index < -0.39 is 35.3 Å². The predicted molar refractivity (Wildman–Crippen MR) is 150 cm³/mol. The van der Waals surface area contributed by atoms with Crippen molar-refractivity contribution in [3.8, 4) is 29.7 Å². The number of hydrogen-bond donors (Lipinski definition) is 1. The fraction of sp³-hybridized carbons (Fsp3) is 0.375. The minimum Gasteiger partial charge on any atom is -0.458 e. The van der Waals surface area contributed by atoms with Crippen molar-refractivity contribution in [2.24, 2.45) is 21.7 Å². The van der Waals surface area contributed by atoms with Gasteiger partial charge in [-0.05, 0) is 35.1 Å². The maximum absolute atomic E-state index is 11.1. The van der Waals surface area contributed by atoms with Gasteiger partial charge in [0.05, 0.1) is 29.0 Å². The molecular formula is C32H30N4OSi. The largest absolute Gasteiger partial charge is 0.458 e. The Morgan fingerprint density at radius 1 is 0.763 bits per heavy atom. The van der Waals surface area contributed by atoms with Crippen molar-refractivity contribution in [3.63, 3.8) is 0 Å². The monoisotopic (exact) mass is 514 g/mol. The number of rotatable bonds is 4. The van der Waals surface area contributed by atoms with Crippen LogP contribution < -0.4 is 0 Å². The lowest BCUT2D eigenvalue weighted by molar-refractivity contribution is -0.0224. The molecule has 1 heterocycles. The molecule has 1 aliphatic heterocycles. The standard InChI is InChI=1S/C32H30N4OSi/c1-6-29-25(23-14-10-8-11-15-23)26(24-16-12-9-13-17-24)30(7-2)31(22-35,28(29,20-33)21-34)27(36)37-32(29,30)18-19-38(3,4)5/h8-17,36H,6-7H2,1-5H3/t29-,30+,31-,32?/m0/s1. The third-order valence-corrected chi connectivity index (χ3v) is 9.92. The van der Waals surface area contributed by atoms with Crippen molar-refractivity contribution < 1.29 is 4.74 Å². The van der Waals surface area contributed by atoms with Crippen molar-refractivity contribution in [1.82, 2.24) is 0 Å². The van der Waals surface area contributed by atoms with E-state index in [9.17, 15) is 15.8 Å². The summed E-state index contributed by atoms with van der Waals surface area (Å²) in [7, 11) is -2.00. The van der Waals surface area contributed by atoms with Crippen LogP contribution >= 0.6 is 0 Å². The summed E-state index contributed by atoms with van der Waals surface area (Å²) < 4.78 is 6.64. The molecule has 0 spiro atoms. The Bertz CT molecular complexity index is 1560. The predicted octanol–water partition coefficient (Wildman–Crippen LogP) is 6.59. The number of nitrogens with one attached hydrogen (secondary N) is 1. The molecule has 1 saturated carbocycles. The van der Waals surface area contributed by atoms with Crippen LogP contribution in [-0.2, 0) is 4.74 Å². The normalized spacial score (nSPS) is 32.0. The van der Waals surface area contributed by atoms with Gasteiger partial charge in [0.15, 0.2) is 16.4 Å². The van der Waals surface area contributed by atoms with E-state index in [0.717, 1.165) is 22.3 Å². The Hall–Kier alpha value is -4.10. The third-order valence-electron chi connectivity index (χ3n) is 9.05. The molecule has 2 fully saturated rings. The first-order valence-corrected chi connectivity index (χ1v) is 16.5. The molecule has 2 aliphatic carbocycles. The van der Waals surface area contributed by atoms with Gasteiger partial charge < -0.3 is 4.74 Å². The third kappa shape index (κ3) is 2.35. The summed E-state index contributed by atoms with van der Waals surface area (Å²) in [6.07, 6.45) is 0.713. The van der Waals surface area contributed by atoms with E-state index in [1.54, 1.807) is 0 Å². The van der Waals surface area contributed by atoms with Gasteiger partial charge in [-0.15, -0.1) is 5.54 Å². The fourth-order valence-corrected chi connectivity index (χ4v) is 8.51. The van der Waals surface area contributed by atoms with Crippen LogP contribution in [0.5, 0.6) is 0 Å². The van der Waals surface area contributed by atoms with Crippen molar-refractivity contribution in [2.75, 3.05) is 0 Å². The molecule has 0 aromatic heterocycles. The second-order valence-electron chi connectivity index (χ2n) is 11.4. The molecule has 5 nitrogen and oxygen atoms in total. The van der Waals surface area contributed by atoms with Crippen LogP contribution in [0.15, 0.2) is 60.7 Å². The first kappa shape index (κ1) is 25.5. The van der Waals surface area contributed by atoms with E-state index in [4.69, 9.17) is 10.1 Å². The van der Waals surface area contributed by atoms with Crippen LogP contribution in [-0.4, -0.2) is 19.6 Å². The van der Waals surface area contributed by atoms with Crippen LogP contribution in [0.3, 0.4) is 0 Å². The zero-order chi connectivity index (χ0) is 27.6. The Morgan fingerprint density at radius 2 is 1.24 bits per heavy atom. The molecule has 0 radical (unpaired) electrons. The van der Waals surface area contributed by atoms with E-state index in [0.29, 0.717) is 12.8 Å². The van der Waals surface area contributed by atoms with Crippen LogP contribution in [0, 0.1) is 72.5 Å². The zero-order valence-electron chi connectivity index (χ0n) is 22.4. The van der Waals surface area contributed by atoms with Gasteiger partial charge >= 0.3 is 0 Å². The molecule has 6 heteroatoms. The van der Waals surface area contributed by atoms with Gasteiger partial charge in [-0.3, -0.25) is 5.41 Å². The Morgan fingerprint density at radius 3 is 1.63 bits per heavy atom. The van der Waals surface area contributed by atoms with Crippen LogP contribution in [0.2, 0.25) is 19.6 Å². The fourth-order valence-electron chi connectivity index (χ4n) is 7.96. The molecule has 2 aromatic rings.